The zero-order valence-corrected chi connectivity index (χ0v) is 9.24. The molecule has 0 fully saturated rings. The summed E-state index contributed by atoms with van der Waals surface area (Å²) in [5.41, 5.74) is 0. The molecule has 5 heteroatoms. The lowest BCUT2D eigenvalue weighted by molar-refractivity contribution is -0.143. The zero-order valence-electron chi connectivity index (χ0n) is 9.24. The third kappa shape index (κ3) is 5.15. The van der Waals surface area contributed by atoms with E-state index in [1.165, 1.54) is 6.92 Å². The zero-order chi connectivity index (χ0) is 12.0. The fourth-order valence-corrected chi connectivity index (χ4v) is 1.13. The predicted molar refractivity (Wildman–Crippen MR) is 54.3 cm³/mol. The summed E-state index contributed by atoms with van der Waals surface area (Å²) < 4.78 is 0. The summed E-state index contributed by atoms with van der Waals surface area (Å²) in [6.07, 6.45) is 0.386. The number of aliphatic carboxylic acids is 1. The highest BCUT2D eigenvalue weighted by molar-refractivity contribution is 5.98. The molecule has 2 atom stereocenters. The molecule has 2 N–H and O–H groups in total. The Morgan fingerprint density at radius 1 is 1.33 bits per heavy atom. The summed E-state index contributed by atoms with van der Waals surface area (Å²) in [4.78, 5) is 32.7. The average Bonchev–Trinajstić information content (AvgIpc) is 2.11. The largest absolute Gasteiger partial charge is 0.480 e. The summed E-state index contributed by atoms with van der Waals surface area (Å²) in [6, 6.07) is -0.915. The van der Waals surface area contributed by atoms with Gasteiger partial charge in [0.15, 0.2) is 0 Å². The minimum absolute atomic E-state index is 0.154. The number of rotatable bonds is 6. The molecule has 0 aliphatic rings. The Labute approximate surface area is 88.9 Å². The average molecular weight is 215 g/mol. The second-order valence-electron chi connectivity index (χ2n) is 3.65. The van der Waals surface area contributed by atoms with E-state index in [1.54, 1.807) is 6.92 Å². The van der Waals surface area contributed by atoms with E-state index in [-0.39, 0.29) is 18.1 Å². The Hall–Kier alpha value is -1.39. The van der Waals surface area contributed by atoms with Gasteiger partial charge in [-0.15, -0.1) is 0 Å². The number of carbonyl (C=O) groups excluding carboxylic acids is 2. The van der Waals surface area contributed by atoms with E-state index in [1.807, 2.05) is 6.92 Å². The lowest BCUT2D eigenvalue weighted by Crippen LogP contribution is -2.45. The lowest BCUT2D eigenvalue weighted by Gasteiger charge is -2.19. The van der Waals surface area contributed by atoms with Crippen LogP contribution < -0.4 is 5.32 Å². The van der Waals surface area contributed by atoms with Crippen molar-refractivity contribution < 1.29 is 19.5 Å². The molecule has 0 aromatic heterocycles. The van der Waals surface area contributed by atoms with Crippen molar-refractivity contribution in [1.82, 2.24) is 5.32 Å². The van der Waals surface area contributed by atoms with Crippen molar-refractivity contribution in [1.29, 1.82) is 0 Å². The first-order chi connectivity index (χ1) is 6.88. The van der Waals surface area contributed by atoms with Crippen LogP contribution >= 0.6 is 0 Å². The molecule has 0 rings (SSSR count). The predicted octanol–water partition coefficient (Wildman–Crippen LogP) is 0.581. The molecule has 0 aliphatic carbocycles. The molecule has 0 bridgehead atoms. The van der Waals surface area contributed by atoms with Gasteiger partial charge in [0.1, 0.15) is 11.8 Å². The maximum Gasteiger partial charge on any atom is 0.326 e. The standard InChI is InChI=1S/C10H17NO4/c1-4-6(2)9(10(14)15)11-8(13)5-7(3)12/h6,9H,4-5H2,1-3H3,(H,11,13)(H,14,15)/t6-,9-/m0/s1. The molecule has 0 unspecified atom stereocenters. The highest BCUT2D eigenvalue weighted by Crippen LogP contribution is 2.08. The number of carboxylic acids is 1. The lowest BCUT2D eigenvalue weighted by atomic mass is 9.99. The van der Waals surface area contributed by atoms with Crippen LogP contribution in [-0.2, 0) is 14.4 Å². The van der Waals surface area contributed by atoms with Gasteiger partial charge in [0, 0.05) is 0 Å². The van der Waals surface area contributed by atoms with E-state index in [0.29, 0.717) is 6.42 Å². The summed E-state index contributed by atoms with van der Waals surface area (Å²) in [7, 11) is 0. The maximum atomic E-state index is 11.2. The number of hydrogen-bond donors (Lipinski definition) is 2. The van der Waals surface area contributed by atoms with Gasteiger partial charge in [0.25, 0.3) is 0 Å². The van der Waals surface area contributed by atoms with Crippen LogP contribution in [0.3, 0.4) is 0 Å². The molecule has 86 valence electrons. The first-order valence-corrected chi connectivity index (χ1v) is 4.90. The van der Waals surface area contributed by atoms with Crippen molar-refractivity contribution in [2.45, 2.75) is 39.7 Å². The van der Waals surface area contributed by atoms with Gasteiger partial charge >= 0.3 is 5.97 Å². The summed E-state index contributed by atoms with van der Waals surface area (Å²) >= 11 is 0. The van der Waals surface area contributed by atoms with Crippen LogP contribution in [0.1, 0.15) is 33.6 Å². The second kappa shape index (κ2) is 6.16. The SMILES string of the molecule is CC[C@H](C)[C@H](NC(=O)CC(C)=O)C(=O)O. The van der Waals surface area contributed by atoms with Crippen molar-refractivity contribution in [3.05, 3.63) is 0 Å². The quantitative estimate of drug-likeness (QED) is 0.635. The molecule has 0 heterocycles. The van der Waals surface area contributed by atoms with E-state index in [0.717, 1.165) is 0 Å². The number of nitrogens with one attached hydrogen (secondary N) is 1. The molecule has 0 saturated heterocycles. The number of hydrogen-bond acceptors (Lipinski definition) is 3. The van der Waals surface area contributed by atoms with Crippen molar-refractivity contribution in [2.75, 3.05) is 0 Å². The van der Waals surface area contributed by atoms with E-state index >= 15 is 0 Å². The molecule has 0 aliphatic heterocycles. The molecule has 0 aromatic rings. The number of carbonyl (C=O) groups is 3. The fraction of sp³-hybridized carbons (Fsp3) is 0.700. The minimum atomic E-state index is -1.07. The smallest absolute Gasteiger partial charge is 0.326 e. The van der Waals surface area contributed by atoms with Gasteiger partial charge in [-0.1, -0.05) is 20.3 Å². The molecule has 0 saturated carbocycles. The van der Waals surface area contributed by atoms with Crippen LogP contribution in [-0.4, -0.2) is 28.8 Å². The van der Waals surface area contributed by atoms with Crippen LogP contribution in [0.15, 0.2) is 0 Å². The van der Waals surface area contributed by atoms with E-state index < -0.39 is 17.9 Å². The monoisotopic (exact) mass is 215 g/mol. The molecule has 1 amide bonds. The van der Waals surface area contributed by atoms with E-state index in [9.17, 15) is 14.4 Å². The summed E-state index contributed by atoms with van der Waals surface area (Å²) in [5.74, 6) is -2.03. The second-order valence-corrected chi connectivity index (χ2v) is 3.65. The minimum Gasteiger partial charge on any atom is -0.480 e. The number of carboxylic acid groups (broad SMARTS) is 1. The summed E-state index contributed by atoms with van der Waals surface area (Å²) in [5, 5.41) is 11.2. The van der Waals surface area contributed by atoms with Crippen LogP contribution in [0.5, 0.6) is 0 Å². The Morgan fingerprint density at radius 2 is 1.87 bits per heavy atom. The van der Waals surface area contributed by atoms with Crippen LogP contribution in [0.25, 0.3) is 0 Å². The van der Waals surface area contributed by atoms with Crippen LogP contribution in [0, 0.1) is 5.92 Å². The highest BCUT2D eigenvalue weighted by Gasteiger charge is 2.25. The van der Waals surface area contributed by atoms with Crippen LogP contribution in [0.2, 0.25) is 0 Å². The summed E-state index contributed by atoms with van der Waals surface area (Å²) in [6.45, 7) is 4.88. The van der Waals surface area contributed by atoms with Crippen LogP contribution in [0.4, 0.5) is 0 Å². The molecular formula is C10H17NO4. The van der Waals surface area contributed by atoms with Gasteiger partial charge < -0.3 is 10.4 Å². The molecule has 0 spiro atoms. The van der Waals surface area contributed by atoms with E-state index in [4.69, 9.17) is 5.11 Å². The van der Waals surface area contributed by atoms with Crippen molar-refractivity contribution in [2.24, 2.45) is 5.92 Å². The third-order valence-electron chi connectivity index (χ3n) is 2.21. The molecule has 0 aromatic carbocycles. The Balaban J connectivity index is 4.35. The molecular weight excluding hydrogens is 198 g/mol. The topological polar surface area (TPSA) is 83.5 Å². The van der Waals surface area contributed by atoms with E-state index in [2.05, 4.69) is 5.32 Å². The first-order valence-electron chi connectivity index (χ1n) is 4.90. The fourth-order valence-electron chi connectivity index (χ4n) is 1.13. The van der Waals surface area contributed by atoms with Crippen molar-refractivity contribution in [3.63, 3.8) is 0 Å². The molecule has 5 nitrogen and oxygen atoms in total. The van der Waals surface area contributed by atoms with Gasteiger partial charge in [0.05, 0.1) is 6.42 Å². The Morgan fingerprint density at radius 3 is 2.20 bits per heavy atom. The van der Waals surface area contributed by atoms with Gasteiger partial charge in [-0.25, -0.2) is 4.79 Å². The number of Topliss-reactive ketones (excluding diaryl/α,β-unsaturated/α-hetero) is 1. The van der Waals surface area contributed by atoms with Crippen molar-refractivity contribution in [3.8, 4) is 0 Å². The molecule has 15 heavy (non-hydrogen) atoms. The third-order valence-corrected chi connectivity index (χ3v) is 2.21. The van der Waals surface area contributed by atoms with Gasteiger partial charge in [-0.05, 0) is 12.8 Å². The molecule has 0 radical (unpaired) electrons. The van der Waals surface area contributed by atoms with Gasteiger partial charge in [-0.2, -0.15) is 0 Å². The highest BCUT2D eigenvalue weighted by atomic mass is 16.4. The Bertz CT molecular complexity index is 262. The van der Waals surface area contributed by atoms with Gasteiger partial charge in [-0.3, -0.25) is 9.59 Å². The number of ketones is 1. The maximum absolute atomic E-state index is 11.2. The first kappa shape index (κ1) is 13.6. The van der Waals surface area contributed by atoms with Crippen molar-refractivity contribution >= 4 is 17.7 Å². The normalized spacial score (nSPS) is 14.1. The Kier molecular flexibility index (Phi) is 5.59. The van der Waals surface area contributed by atoms with Gasteiger partial charge in [0.2, 0.25) is 5.91 Å². The number of amides is 1.